The number of likely N-dealkylation sites (tertiary alicyclic amines) is 1. The second-order valence-electron chi connectivity index (χ2n) is 6.58. The lowest BCUT2D eigenvalue weighted by molar-refractivity contribution is -0.149. The van der Waals surface area contributed by atoms with E-state index in [9.17, 15) is 4.79 Å². The standard InChI is InChI=1S/C15H26N2O3/c16-9-12-3-4-13(20-12)14(18)17-7-1-5-15(10-17)6-2-8-19-11-15/h12-13H,1-11,16H2/t12-,13+,15?/m1/s1. The van der Waals surface area contributed by atoms with Crippen LogP contribution in [0, 0.1) is 5.41 Å². The molecule has 0 aromatic carbocycles. The van der Waals surface area contributed by atoms with Crippen LogP contribution in [0.15, 0.2) is 0 Å². The zero-order valence-corrected chi connectivity index (χ0v) is 12.2. The summed E-state index contributed by atoms with van der Waals surface area (Å²) >= 11 is 0. The van der Waals surface area contributed by atoms with Crippen molar-refractivity contribution in [2.75, 3.05) is 32.8 Å². The third kappa shape index (κ3) is 2.85. The predicted molar refractivity (Wildman–Crippen MR) is 75.2 cm³/mol. The second-order valence-corrected chi connectivity index (χ2v) is 6.58. The van der Waals surface area contributed by atoms with Gasteiger partial charge in [0, 0.05) is 31.7 Å². The Morgan fingerprint density at radius 2 is 2.15 bits per heavy atom. The molecular formula is C15H26N2O3. The van der Waals surface area contributed by atoms with Crippen LogP contribution < -0.4 is 5.73 Å². The van der Waals surface area contributed by atoms with Gasteiger partial charge in [-0.1, -0.05) is 0 Å². The summed E-state index contributed by atoms with van der Waals surface area (Å²) in [5, 5.41) is 0. The summed E-state index contributed by atoms with van der Waals surface area (Å²) in [6, 6.07) is 0. The highest BCUT2D eigenvalue weighted by Gasteiger charge is 2.41. The molecule has 0 aromatic rings. The number of rotatable bonds is 2. The average molecular weight is 282 g/mol. The van der Waals surface area contributed by atoms with Crippen molar-refractivity contribution in [3.05, 3.63) is 0 Å². The SMILES string of the molecule is NC[C@H]1CC[C@@H](C(=O)N2CCCC3(CCCOC3)C2)O1. The van der Waals surface area contributed by atoms with Gasteiger partial charge in [-0.15, -0.1) is 0 Å². The van der Waals surface area contributed by atoms with Crippen LogP contribution >= 0.6 is 0 Å². The second kappa shape index (κ2) is 6.00. The monoisotopic (exact) mass is 282 g/mol. The lowest BCUT2D eigenvalue weighted by atomic mass is 9.76. The molecule has 3 atom stereocenters. The number of carbonyl (C=O) groups is 1. The van der Waals surface area contributed by atoms with Crippen LogP contribution in [0.4, 0.5) is 0 Å². The quantitative estimate of drug-likeness (QED) is 0.817. The first kappa shape index (κ1) is 14.3. The number of hydrogen-bond acceptors (Lipinski definition) is 4. The number of hydrogen-bond donors (Lipinski definition) is 1. The third-order valence-corrected chi connectivity index (χ3v) is 5.02. The topological polar surface area (TPSA) is 64.8 Å². The van der Waals surface area contributed by atoms with E-state index in [0.29, 0.717) is 6.54 Å². The molecule has 3 aliphatic heterocycles. The van der Waals surface area contributed by atoms with Gasteiger partial charge < -0.3 is 20.1 Å². The summed E-state index contributed by atoms with van der Waals surface area (Å²) in [5.41, 5.74) is 5.83. The molecule has 3 heterocycles. The molecule has 1 unspecified atom stereocenters. The van der Waals surface area contributed by atoms with Gasteiger partial charge in [-0.25, -0.2) is 0 Å². The van der Waals surface area contributed by atoms with Crippen molar-refractivity contribution in [1.82, 2.24) is 4.90 Å². The fourth-order valence-corrected chi connectivity index (χ4v) is 3.89. The zero-order chi connectivity index (χ0) is 14.0. The van der Waals surface area contributed by atoms with Gasteiger partial charge in [0.05, 0.1) is 12.7 Å². The molecule has 5 heteroatoms. The van der Waals surface area contributed by atoms with Crippen LogP contribution in [-0.4, -0.2) is 55.9 Å². The van der Waals surface area contributed by atoms with Gasteiger partial charge in [0.1, 0.15) is 6.10 Å². The number of carbonyl (C=O) groups excluding carboxylic acids is 1. The van der Waals surface area contributed by atoms with Crippen LogP contribution in [0.25, 0.3) is 0 Å². The van der Waals surface area contributed by atoms with E-state index in [1.807, 2.05) is 4.90 Å². The van der Waals surface area contributed by atoms with Crippen molar-refractivity contribution in [3.63, 3.8) is 0 Å². The Morgan fingerprint density at radius 3 is 2.85 bits per heavy atom. The lowest BCUT2D eigenvalue weighted by Gasteiger charge is -2.45. The molecule has 3 aliphatic rings. The molecule has 3 fully saturated rings. The minimum absolute atomic E-state index is 0.0701. The molecule has 2 N–H and O–H groups in total. The van der Waals surface area contributed by atoms with E-state index in [0.717, 1.165) is 52.0 Å². The number of nitrogens with two attached hydrogens (primary N) is 1. The number of piperidine rings is 1. The number of nitrogens with zero attached hydrogens (tertiary/aromatic N) is 1. The highest BCUT2D eigenvalue weighted by Crippen LogP contribution is 2.38. The van der Waals surface area contributed by atoms with Crippen molar-refractivity contribution in [2.45, 2.75) is 50.7 Å². The zero-order valence-electron chi connectivity index (χ0n) is 12.2. The first-order chi connectivity index (χ1) is 9.72. The normalized spacial score (nSPS) is 38.4. The van der Waals surface area contributed by atoms with Gasteiger partial charge in [0.2, 0.25) is 0 Å². The molecule has 1 amide bonds. The smallest absolute Gasteiger partial charge is 0.251 e. The van der Waals surface area contributed by atoms with Gasteiger partial charge in [-0.05, 0) is 38.5 Å². The Hall–Kier alpha value is -0.650. The summed E-state index contributed by atoms with van der Waals surface area (Å²) in [6.07, 6.45) is 6.13. The molecule has 20 heavy (non-hydrogen) atoms. The predicted octanol–water partition coefficient (Wildman–Crippen LogP) is 0.912. The van der Waals surface area contributed by atoms with Gasteiger partial charge in [0.15, 0.2) is 0 Å². The molecular weight excluding hydrogens is 256 g/mol. The lowest BCUT2D eigenvalue weighted by Crippen LogP contribution is -2.52. The van der Waals surface area contributed by atoms with E-state index in [4.69, 9.17) is 15.2 Å². The van der Waals surface area contributed by atoms with Gasteiger partial charge in [-0.2, -0.15) is 0 Å². The van der Waals surface area contributed by atoms with E-state index in [1.54, 1.807) is 0 Å². The van der Waals surface area contributed by atoms with Gasteiger partial charge >= 0.3 is 0 Å². The molecule has 114 valence electrons. The van der Waals surface area contributed by atoms with Crippen molar-refractivity contribution in [2.24, 2.45) is 11.1 Å². The van der Waals surface area contributed by atoms with Crippen molar-refractivity contribution < 1.29 is 14.3 Å². The number of amides is 1. The van der Waals surface area contributed by atoms with Crippen molar-refractivity contribution in [3.8, 4) is 0 Å². The van der Waals surface area contributed by atoms with E-state index in [1.165, 1.54) is 12.8 Å². The van der Waals surface area contributed by atoms with E-state index < -0.39 is 0 Å². The highest BCUT2D eigenvalue weighted by atomic mass is 16.5. The molecule has 5 nitrogen and oxygen atoms in total. The Morgan fingerprint density at radius 1 is 1.30 bits per heavy atom. The fraction of sp³-hybridized carbons (Fsp3) is 0.933. The van der Waals surface area contributed by atoms with Gasteiger partial charge in [-0.3, -0.25) is 4.79 Å². The summed E-state index contributed by atoms with van der Waals surface area (Å²) in [6.45, 7) is 3.92. The summed E-state index contributed by atoms with van der Waals surface area (Å²) in [4.78, 5) is 14.6. The molecule has 0 saturated carbocycles. The maximum Gasteiger partial charge on any atom is 0.251 e. The Labute approximate surface area is 120 Å². The third-order valence-electron chi connectivity index (χ3n) is 5.02. The van der Waals surface area contributed by atoms with Gasteiger partial charge in [0.25, 0.3) is 5.91 Å². The molecule has 0 aliphatic carbocycles. The molecule has 0 aromatic heterocycles. The van der Waals surface area contributed by atoms with Crippen LogP contribution in [0.3, 0.4) is 0 Å². The van der Waals surface area contributed by atoms with E-state index in [-0.39, 0.29) is 23.5 Å². The van der Waals surface area contributed by atoms with Crippen LogP contribution in [-0.2, 0) is 14.3 Å². The Bertz CT molecular complexity index is 350. The molecule has 3 saturated heterocycles. The molecule has 0 bridgehead atoms. The Balaban J connectivity index is 1.60. The minimum atomic E-state index is -0.261. The maximum absolute atomic E-state index is 12.6. The maximum atomic E-state index is 12.6. The Kier molecular flexibility index (Phi) is 4.29. The van der Waals surface area contributed by atoms with E-state index >= 15 is 0 Å². The molecule has 3 rings (SSSR count). The fourth-order valence-electron chi connectivity index (χ4n) is 3.89. The van der Waals surface area contributed by atoms with Crippen LogP contribution in [0.2, 0.25) is 0 Å². The highest BCUT2D eigenvalue weighted by molar-refractivity contribution is 5.81. The van der Waals surface area contributed by atoms with Crippen molar-refractivity contribution in [1.29, 1.82) is 0 Å². The van der Waals surface area contributed by atoms with E-state index in [2.05, 4.69) is 0 Å². The first-order valence-electron chi connectivity index (χ1n) is 7.94. The molecule has 1 spiro atoms. The van der Waals surface area contributed by atoms with Crippen LogP contribution in [0.5, 0.6) is 0 Å². The minimum Gasteiger partial charge on any atom is -0.381 e. The van der Waals surface area contributed by atoms with Crippen LogP contribution in [0.1, 0.15) is 38.5 Å². The van der Waals surface area contributed by atoms with Crippen molar-refractivity contribution >= 4 is 5.91 Å². The largest absolute Gasteiger partial charge is 0.381 e. The molecule has 0 radical (unpaired) electrons. The summed E-state index contributed by atoms with van der Waals surface area (Å²) in [5.74, 6) is 0.172. The summed E-state index contributed by atoms with van der Waals surface area (Å²) in [7, 11) is 0. The first-order valence-corrected chi connectivity index (χ1v) is 7.94. The summed E-state index contributed by atoms with van der Waals surface area (Å²) < 4.78 is 11.4. The number of ether oxygens (including phenoxy) is 2. The average Bonchev–Trinajstić information content (AvgIpc) is 2.96.